The number of para-hydroxylation sites is 2. The van der Waals surface area contributed by atoms with Crippen LogP contribution in [0.2, 0.25) is 0 Å². The third kappa shape index (κ3) is 3.42. The zero-order valence-electron chi connectivity index (χ0n) is 12.8. The number of hydrogen-bond acceptors (Lipinski definition) is 3. The third-order valence-corrected chi connectivity index (χ3v) is 3.25. The van der Waals surface area contributed by atoms with Crippen LogP contribution in [0, 0.1) is 0 Å². The fraction of sp³-hybridized carbons (Fsp3) is 0.533. The van der Waals surface area contributed by atoms with E-state index in [2.05, 4.69) is 23.1 Å². The summed E-state index contributed by atoms with van der Waals surface area (Å²) in [5.74, 6) is 0.936. The van der Waals surface area contributed by atoms with Gasteiger partial charge in [-0.3, -0.25) is 0 Å². The van der Waals surface area contributed by atoms with Gasteiger partial charge >= 0.3 is 0 Å². The highest BCUT2D eigenvalue weighted by Crippen LogP contribution is 2.29. The summed E-state index contributed by atoms with van der Waals surface area (Å²) in [5.41, 5.74) is 2.18. The predicted molar refractivity (Wildman–Crippen MR) is 83.9 cm³/mol. The molecule has 0 aliphatic carbocycles. The van der Waals surface area contributed by atoms with Crippen LogP contribution in [-0.2, 0) is 4.74 Å². The Morgan fingerprint density at radius 2 is 1.65 bits per heavy atom. The average Bonchev–Trinajstić information content (AvgIpc) is 2.45. The number of anilines is 1. The van der Waals surface area contributed by atoms with Gasteiger partial charge in [-0.05, 0) is 12.1 Å². The SMILES string of the molecule is CN(C)C(=Nc1ccccc1N1CCOCC1)N(C)C. The molecule has 1 saturated heterocycles. The number of ether oxygens (including phenoxy) is 1. The maximum absolute atomic E-state index is 5.42. The number of guanidine groups is 1. The zero-order chi connectivity index (χ0) is 14.5. The number of rotatable bonds is 2. The van der Waals surface area contributed by atoms with Crippen LogP contribution in [0.15, 0.2) is 29.3 Å². The molecule has 1 heterocycles. The Labute approximate surface area is 121 Å². The number of benzene rings is 1. The summed E-state index contributed by atoms with van der Waals surface area (Å²) in [6.07, 6.45) is 0. The van der Waals surface area contributed by atoms with Crippen LogP contribution >= 0.6 is 0 Å². The first-order valence-electron chi connectivity index (χ1n) is 6.94. The number of aliphatic imine (C=N–C) groups is 1. The number of morpholine rings is 1. The van der Waals surface area contributed by atoms with Crippen molar-refractivity contribution in [1.29, 1.82) is 0 Å². The van der Waals surface area contributed by atoms with Crippen molar-refractivity contribution in [3.63, 3.8) is 0 Å². The van der Waals surface area contributed by atoms with E-state index in [9.17, 15) is 0 Å². The van der Waals surface area contributed by atoms with Gasteiger partial charge in [0.15, 0.2) is 0 Å². The summed E-state index contributed by atoms with van der Waals surface area (Å²) in [7, 11) is 8.04. The van der Waals surface area contributed by atoms with Gasteiger partial charge < -0.3 is 19.4 Å². The van der Waals surface area contributed by atoms with Gasteiger partial charge in [-0.1, -0.05) is 12.1 Å². The smallest absolute Gasteiger partial charge is 0.200 e. The van der Waals surface area contributed by atoms with E-state index < -0.39 is 0 Å². The van der Waals surface area contributed by atoms with E-state index in [4.69, 9.17) is 9.73 Å². The summed E-state index contributed by atoms with van der Waals surface area (Å²) in [6.45, 7) is 3.41. The van der Waals surface area contributed by atoms with Crippen LogP contribution in [0.4, 0.5) is 11.4 Å². The van der Waals surface area contributed by atoms with Crippen molar-refractivity contribution in [2.45, 2.75) is 0 Å². The Morgan fingerprint density at radius 3 is 2.25 bits per heavy atom. The van der Waals surface area contributed by atoms with Gasteiger partial charge in [0.1, 0.15) is 0 Å². The Balaban J connectivity index is 2.33. The van der Waals surface area contributed by atoms with E-state index in [0.717, 1.165) is 38.0 Å². The standard InChI is InChI=1S/C15H24N4O/c1-17(2)15(18(3)4)16-13-7-5-6-8-14(13)19-9-11-20-12-10-19/h5-8H,9-12H2,1-4H3. The maximum atomic E-state index is 5.42. The Hall–Kier alpha value is -1.75. The molecule has 110 valence electrons. The first-order chi connectivity index (χ1) is 9.59. The molecular weight excluding hydrogens is 252 g/mol. The van der Waals surface area contributed by atoms with E-state index in [0.29, 0.717) is 0 Å². The molecule has 5 heteroatoms. The van der Waals surface area contributed by atoms with Crippen LogP contribution < -0.4 is 4.90 Å². The second-order valence-electron chi connectivity index (χ2n) is 5.29. The van der Waals surface area contributed by atoms with E-state index in [1.165, 1.54) is 5.69 Å². The summed E-state index contributed by atoms with van der Waals surface area (Å²) < 4.78 is 5.42. The summed E-state index contributed by atoms with van der Waals surface area (Å²) in [4.78, 5) is 11.2. The minimum atomic E-state index is 0.784. The monoisotopic (exact) mass is 276 g/mol. The second-order valence-corrected chi connectivity index (χ2v) is 5.29. The Bertz CT molecular complexity index is 455. The van der Waals surface area contributed by atoms with Crippen molar-refractivity contribution in [1.82, 2.24) is 9.80 Å². The number of nitrogens with zero attached hydrogens (tertiary/aromatic N) is 4. The highest BCUT2D eigenvalue weighted by molar-refractivity contribution is 5.84. The molecule has 2 rings (SSSR count). The molecule has 0 bridgehead atoms. The molecule has 0 atom stereocenters. The van der Waals surface area contributed by atoms with E-state index in [1.54, 1.807) is 0 Å². The average molecular weight is 276 g/mol. The summed E-state index contributed by atoms with van der Waals surface area (Å²) >= 11 is 0. The molecule has 20 heavy (non-hydrogen) atoms. The van der Waals surface area contributed by atoms with Crippen molar-refractivity contribution in [2.75, 3.05) is 59.4 Å². The molecular formula is C15H24N4O. The van der Waals surface area contributed by atoms with Crippen LogP contribution in [0.5, 0.6) is 0 Å². The van der Waals surface area contributed by atoms with Gasteiger partial charge in [-0.25, -0.2) is 4.99 Å². The lowest BCUT2D eigenvalue weighted by molar-refractivity contribution is 0.123. The van der Waals surface area contributed by atoms with Crippen molar-refractivity contribution < 1.29 is 4.74 Å². The molecule has 1 aromatic rings. The highest BCUT2D eigenvalue weighted by atomic mass is 16.5. The molecule has 0 saturated carbocycles. The van der Waals surface area contributed by atoms with Crippen LogP contribution in [-0.4, -0.2) is 70.3 Å². The second kappa shape index (κ2) is 6.61. The van der Waals surface area contributed by atoms with Crippen molar-refractivity contribution >= 4 is 17.3 Å². The lowest BCUT2D eigenvalue weighted by atomic mass is 10.2. The van der Waals surface area contributed by atoms with Gasteiger partial charge in [0, 0.05) is 41.3 Å². The van der Waals surface area contributed by atoms with E-state index >= 15 is 0 Å². The van der Waals surface area contributed by atoms with Gasteiger partial charge in [-0.15, -0.1) is 0 Å². The molecule has 1 aliphatic heterocycles. The molecule has 5 nitrogen and oxygen atoms in total. The van der Waals surface area contributed by atoms with Crippen molar-refractivity contribution in [3.8, 4) is 0 Å². The largest absolute Gasteiger partial charge is 0.378 e. The first-order valence-corrected chi connectivity index (χ1v) is 6.94. The molecule has 0 aromatic heterocycles. The van der Waals surface area contributed by atoms with Gasteiger partial charge in [0.05, 0.1) is 24.6 Å². The highest BCUT2D eigenvalue weighted by Gasteiger charge is 2.15. The number of hydrogen-bond donors (Lipinski definition) is 0. The first kappa shape index (κ1) is 14.7. The van der Waals surface area contributed by atoms with Crippen LogP contribution in [0.1, 0.15) is 0 Å². The van der Waals surface area contributed by atoms with Gasteiger partial charge in [-0.2, -0.15) is 0 Å². The molecule has 0 spiro atoms. The Kier molecular flexibility index (Phi) is 4.84. The van der Waals surface area contributed by atoms with E-state index in [-0.39, 0.29) is 0 Å². The van der Waals surface area contributed by atoms with Gasteiger partial charge in [0.2, 0.25) is 5.96 Å². The normalized spacial score (nSPS) is 14.9. The maximum Gasteiger partial charge on any atom is 0.200 e. The summed E-state index contributed by atoms with van der Waals surface area (Å²) in [5, 5.41) is 0. The quantitative estimate of drug-likeness (QED) is 0.607. The van der Waals surface area contributed by atoms with Gasteiger partial charge in [0.25, 0.3) is 0 Å². The fourth-order valence-corrected chi connectivity index (χ4v) is 2.34. The molecule has 1 aromatic carbocycles. The van der Waals surface area contributed by atoms with Crippen molar-refractivity contribution in [2.24, 2.45) is 4.99 Å². The lowest BCUT2D eigenvalue weighted by Crippen LogP contribution is -2.37. The molecule has 0 radical (unpaired) electrons. The molecule has 1 aliphatic rings. The zero-order valence-corrected chi connectivity index (χ0v) is 12.8. The molecule has 0 N–H and O–H groups in total. The molecule has 0 amide bonds. The van der Waals surface area contributed by atoms with Crippen LogP contribution in [0.25, 0.3) is 0 Å². The topological polar surface area (TPSA) is 31.3 Å². The minimum Gasteiger partial charge on any atom is -0.378 e. The molecule has 0 unspecified atom stereocenters. The van der Waals surface area contributed by atoms with Crippen LogP contribution in [0.3, 0.4) is 0 Å². The lowest BCUT2D eigenvalue weighted by Gasteiger charge is -2.30. The van der Waals surface area contributed by atoms with Crippen molar-refractivity contribution in [3.05, 3.63) is 24.3 Å². The minimum absolute atomic E-state index is 0.784. The Morgan fingerprint density at radius 1 is 1.05 bits per heavy atom. The predicted octanol–water partition coefficient (Wildman–Crippen LogP) is 1.63. The third-order valence-electron chi connectivity index (χ3n) is 3.25. The molecule has 1 fully saturated rings. The van der Waals surface area contributed by atoms with E-state index in [1.807, 2.05) is 44.1 Å². The fourth-order valence-electron chi connectivity index (χ4n) is 2.34. The summed E-state index contributed by atoms with van der Waals surface area (Å²) in [6, 6.07) is 8.30.